The molecule has 0 aromatic heterocycles. The van der Waals surface area contributed by atoms with Crippen molar-refractivity contribution in [3.63, 3.8) is 0 Å². The first-order valence-corrected chi connectivity index (χ1v) is 10.1. The van der Waals surface area contributed by atoms with Gasteiger partial charge in [0, 0.05) is 25.0 Å². The van der Waals surface area contributed by atoms with E-state index in [0.717, 1.165) is 31.9 Å². The number of hydrogen-bond donors (Lipinski definition) is 1. The summed E-state index contributed by atoms with van der Waals surface area (Å²) in [5.74, 6) is -0.898. The molecule has 2 saturated heterocycles. The van der Waals surface area contributed by atoms with Crippen molar-refractivity contribution in [1.82, 2.24) is 4.90 Å². The van der Waals surface area contributed by atoms with Crippen LogP contribution in [0, 0.1) is 5.82 Å². The Morgan fingerprint density at radius 1 is 1.00 bits per heavy atom. The Bertz CT molecular complexity index is 838. The fourth-order valence-corrected chi connectivity index (χ4v) is 5.04. The van der Waals surface area contributed by atoms with Crippen molar-refractivity contribution in [2.24, 2.45) is 0 Å². The molecule has 2 unspecified atom stereocenters. The van der Waals surface area contributed by atoms with Crippen molar-refractivity contribution < 1.29 is 22.7 Å². The van der Waals surface area contributed by atoms with Crippen LogP contribution in [0.1, 0.15) is 48.8 Å². The second kappa shape index (κ2) is 7.73. The molecule has 2 bridgehead atoms. The van der Waals surface area contributed by atoms with Crippen LogP contribution in [-0.2, 0) is 19.1 Å². The lowest BCUT2D eigenvalue weighted by Crippen LogP contribution is -2.58. The van der Waals surface area contributed by atoms with Gasteiger partial charge in [-0.3, -0.25) is 4.90 Å². The van der Waals surface area contributed by atoms with Crippen LogP contribution in [0.25, 0.3) is 0 Å². The zero-order valence-electron chi connectivity index (χ0n) is 16.1. The molecule has 2 aliphatic heterocycles. The standard InChI is InChI=1S/C23H25F4NO/c24-21-11-18(23(25,26)27)10-9-17(21)12-22(29)13-19-7-4-8-20(14-22)28(19)15-16-5-2-1-3-6-16/h1-3,5-6,9-11,19-20,29H,4,7-8,12-15H2. The third kappa shape index (κ3) is 4.48. The number of aliphatic hydroxyl groups is 1. The van der Waals surface area contributed by atoms with E-state index in [9.17, 15) is 22.7 Å². The smallest absolute Gasteiger partial charge is 0.389 e. The van der Waals surface area contributed by atoms with Gasteiger partial charge < -0.3 is 5.11 Å². The Hall–Kier alpha value is -1.92. The first kappa shape index (κ1) is 20.4. The topological polar surface area (TPSA) is 23.5 Å². The van der Waals surface area contributed by atoms with Crippen LogP contribution in [0.4, 0.5) is 17.6 Å². The molecule has 4 rings (SSSR count). The molecular weight excluding hydrogens is 382 g/mol. The summed E-state index contributed by atoms with van der Waals surface area (Å²) in [6, 6.07) is 13.2. The van der Waals surface area contributed by atoms with Crippen LogP contribution in [-0.4, -0.2) is 27.7 Å². The van der Waals surface area contributed by atoms with Crippen LogP contribution in [0.3, 0.4) is 0 Å². The molecule has 2 nitrogen and oxygen atoms in total. The molecule has 0 spiro atoms. The van der Waals surface area contributed by atoms with E-state index in [1.807, 2.05) is 18.2 Å². The summed E-state index contributed by atoms with van der Waals surface area (Å²) in [5.41, 5.74) is -0.720. The first-order valence-electron chi connectivity index (χ1n) is 10.1. The molecule has 6 heteroatoms. The summed E-state index contributed by atoms with van der Waals surface area (Å²) in [7, 11) is 0. The van der Waals surface area contributed by atoms with Crippen LogP contribution in [0.5, 0.6) is 0 Å². The maximum atomic E-state index is 14.3. The monoisotopic (exact) mass is 407 g/mol. The predicted molar refractivity (Wildman–Crippen MR) is 103 cm³/mol. The molecule has 0 radical (unpaired) electrons. The molecule has 0 amide bonds. The van der Waals surface area contributed by atoms with Crippen LogP contribution < -0.4 is 0 Å². The van der Waals surface area contributed by atoms with Crippen LogP contribution in [0.15, 0.2) is 48.5 Å². The lowest BCUT2D eigenvalue weighted by Gasteiger charge is -2.52. The number of hydrogen-bond acceptors (Lipinski definition) is 2. The highest BCUT2D eigenvalue weighted by Crippen LogP contribution is 2.42. The van der Waals surface area contributed by atoms with Crippen LogP contribution >= 0.6 is 0 Å². The fourth-order valence-electron chi connectivity index (χ4n) is 5.04. The second-order valence-electron chi connectivity index (χ2n) is 8.51. The minimum atomic E-state index is -4.57. The molecule has 0 aliphatic carbocycles. The fraction of sp³-hybridized carbons (Fsp3) is 0.478. The minimum absolute atomic E-state index is 0.0448. The maximum absolute atomic E-state index is 14.3. The molecule has 156 valence electrons. The Kier molecular flexibility index (Phi) is 5.42. The van der Waals surface area contributed by atoms with E-state index in [2.05, 4.69) is 17.0 Å². The van der Waals surface area contributed by atoms with Crippen molar-refractivity contribution >= 4 is 0 Å². The van der Waals surface area contributed by atoms with Crippen molar-refractivity contribution in [1.29, 1.82) is 0 Å². The molecular formula is C23H25F4NO. The number of halogens is 4. The Morgan fingerprint density at radius 2 is 1.66 bits per heavy atom. The van der Waals surface area contributed by atoms with E-state index < -0.39 is 23.2 Å². The number of piperidine rings is 2. The highest BCUT2D eigenvalue weighted by Gasteiger charge is 2.45. The third-order valence-electron chi connectivity index (χ3n) is 6.35. The number of benzene rings is 2. The molecule has 1 N–H and O–H groups in total. The van der Waals surface area contributed by atoms with Gasteiger partial charge in [-0.25, -0.2) is 4.39 Å². The van der Waals surface area contributed by atoms with E-state index in [-0.39, 0.29) is 24.1 Å². The summed E-state index contributed by atoms with van der Waals surface area (Å²) in [6.07, 6.45) is -0.458. The van der Waals surface area contributed by atoms with Gasteiger partial charge in [0.05, 0.1) is 11.2 Å². The van der Waals surface area contributed by atoms with Gasteiger partial charge in [0.1, 0.15) is 5.82 Å². The zero-order valence-corrected chi connectivity index (χ0v) is 16.1. The number of rotatable bonds is 4. The van der Waals surface area contributed by atoms with E-state index in [1.54, 1.807) is 0 Å². The van der Waals surface area contributed by atoms with Crippen molar-refractivity contribution in [2.45, 2.75) is 68.9 Å². The number of fused-ring (bicyclic) bond motifs is 2. The van der Waals surface area contributed by atoms with E-state index in [4.69, 9.17) is 0 Å². The van der Waals surface area contributed by atoms with Gasteiger partial charge in [0.2, 0.25) is 0 Å². The highest BCUT2D eigenvalue weighted by molar-refractivity contribution is 5.28. The lowest BCUT2D eigenvalue weighted by molar-refractivity contribution is -0.137. The average molecular weight is 407 g/mol. The van der Waals surface area contributed by atoms with Gasteiger partial charge in [-0.15, -0.1) is 0 Å². The third-order valence-corrected chi connectivity index (χ3v) is 6.35. The van der Waals surface area contributed by atoms with Gasteiger partial charge in [0.25, 0.3) is 0 Å². The summed E-state index contributed by atoms with van der Waals surface area (Å²) in [5, 5.41) is 11.3. The molecule has 0 saturated carbocycles. The maximum Gasteiger partial charge on any atom is 0.416 e. The van der Waals surface area contributed by atoms with Crippen molar-refractivity contribution in [3.05, 3.63) is 71.0 Å². The number of alkyl halides is 3. The molecule has 2 heterocycles. The van der Waals surface area contributed by atoms with E-state index in [0.29, 0.717) is 18.9 Å². The van der Waals surface area contributed by atoms with Gasteiger partial charge in [-0.05, 0) is 48.9 Å². The minimum Gasteiger partial charge on any atom is -0.389 e. The predicted octanol–water partition coefficient (Wildman–Crippen LogP) is 5.34. The van der Waals surface area contributed by atoms with Gasteiger partial charge in [-0.1, -0.05) is 42.8 Å². The normalized spacial score (nSPS) is 27.8. The molecule has 2 fully saturated rings. The molecule has 2 aliphatic rings. The second-order valence-corrected chi connectivity index (χ2v) is 8.51. The van der Waals surface area contributed by atoms with Crippen molar-refractivity contribution in [3.8, 4) is 0 Å². The largest absolute Gasteiger partial charge is 0.416 e. The Labute approximate surface area is 168 Å². The molecule has 2 atom stereocenters. The van der Waals surface area contributed by atoms with Gasteiger partial charge in [-0.2, -0.15) is 13.2 Å². The van der Waals surface area contributed by atoms with Crippen LogP contribution in [0.2, 0.25) is 0 Å². The summed E-state index contributed by atoms with van der Waals surface area (Å²) in [6.45, 7) is 0.820. The van der Waals surface area contributed by atoms with E-state index >= 15 is 0 Å². The quantitative estimate of drug-likeness (QED) is 0.692. The van der Waals surface area contributed by atoms with Gasteiger partial charge >= 0.3 is 6.18 Å². The Morgan fingerprint density at radius 3 is 2.24 bits per heavy atom. The number of nitrogens with zero attached hydrogens (tertiary/aromatic N) is 1. The summed E-state index contributed by atoms with van der Waals surface area (Å²) >= 11 is 0. The Balaban J connectivity index is 1.50. The first-order chi connectivity index (χ1) is 13.7. The lowest BCUT2D eigenvalue weighted by atomic mass is 9.73. The molecule has 2 aromatic carbocycles. The molecule has 2 aromatic rings. The zero-order chi connectivity index (χ0) is 20.6. The van der Waals surface area contributed by atoms with E-state index in [1.165, 1.54) is 11.6 Å². The summed E-state index contributed by atoms with van der Waals surface area (Å²) in [4.78, 5) is 2.44. The SMILES string of the molecule is OC1(Cc2ccc(C(F)(F)F)cc2F)CC2CCCC(C1)N2Cc1ccccc1. The van der Waals surface area contributed by atoms with Gasteiger partial charge in [0.15, 0.2) is 0 Å². The highest BCUT2D eigenvalue weighted by atomic mass is 19.4. The molecule has 29 heavy (non-hydrogen) atoms. The summed E-state index contributed by atoms with van der Waals surface area (Å²) < 4.78 is 52.7. The van der Waals surface area contributed by atoms with Crippen molar-refractivity contribution in [2.75, 3.05) is 0 Å². The average Bonchev–Trinajstić information content (AvgIpc) is 2.64.